The fraction of sp³-hybridized carbons (Fsp3) is 0.500. The third-order valence-electron chi connectivity index (χ3n) is 3.61. The van der Waals surface area contributed by atoms with Crippen LogP contribution < -0.4 is 5.32 Å². The van der Waals surface area contributed by atoms with Crippen LogP contribution in [0.25, 0.3) is 0 Å². The van der Waals surface area contributed by atoms with E-state index in [-0.39, 0.29) is 11.9 Å². The van der Waals surface area contributed by atoms with Crippen molar-refractivity contribution in [2.24, 2.45) is 5.92 Å². The molecule has 2 unspecified atom stereocenters. The van der Waals surface area contributed by atoms with Crippen LogP contribution in [0, 0.1) is 16.4 Å². The summed E-state index contributed by atoms with van der Waals surface area (Å²) in [7, 11) is 0. The van der Waals surface area contributed by atoms with Gasteiger partial charge in [0, 0.05) is 15.5 Å². The van der Waals surface area contributed by atoms with Gasteiger partial charge in [-0.15, -0.1) is 11.6 Å². The molecule has 1 aliphatic rings. The van der Waals surface area contributed by atoms with Crippen molar-refractivity contribution in [3.8, 4) is 0 Å². The SMILES string of the molecule is Cc1cccc(C(=O)NC2CCCC2CCl)c1I. The van der Waals surface area contributed by atoms with Gasteiger partial charge in [-0.05, 0) is 59.9 Å². The highest BCUT2D eigenvalue weighted by atomic mass is 127. The zero-order chi connectivity index (χ0) is 13.1. The van der Waals surface area contributed by atoms with E-state index < -0.39 is 0 Å². The van der Waals surface area contributed by atoms with E-state index in [1.54, 1.807) is 0 Å². The van der Waals surface area contributed by atoms with Gasteiger partial charge in [-0.3, -0.25) is 4.79 Å². The molecule has 1 aliphatic carbocycles. The minimum Gasteiger partial charge on any atom is -0.349 e. The van der Waals surface area contributed by atoms with Crippen molar-refractivity contribution >= 4 is 40.1 Å². The molecule has 0 aliphatic heterocycles. The maximum absolute atomic E-state index is 12.3. The van der Waals surface area contributed by atoms with Gasteiger partial charge in [0.15, 0.2) is 0 Å². The lowest BCUT2D eigenvalue weighted by atomic mass is 10.1. The first-order valence-electron chi connectivity index (χ1n) is 6.25. The van der Waals surface area contributed by atoms with E-state index in [9.17, 15) is 4.79 Å². The van der Waals surface area contributed by atoms with E-state index >= 15 is 0 Å². The van der Waals surface area contributed by atoms with Crippen molar-refractivity contribution in [1.82, 2.24) is 5.32 Å². The van der Waals surface area contributed by atoms with Gasteiger partial charge < -0.3 is 5.32 Å². The van der Waals surface area contributed by atoms with Gasteiger partial charge in [-0.2, -0.15) is 0 Å². The molecule has 0 saturated heterocycles. The van der Waals surface area contributed by atoms with E-state index in [2.05, 4.69) is 27.9 Å². The van der Waals surface area contributed by atoms with Crippen molar-refractivity contribution in [1.29, 1.82) is 0 Å². The Kier molecular flexibility index (Phi) is 4.90. The van der Waals surface area contributed by atoms with E-state index in [4.69, 9.17) is 11.6 Å². The zero-order valence-electron chi connectivity index (χ0n) is 10.4. The number of nitrogens with one attached hydrogen (secondary N) is 1. The van der Waals surface area contributed by atoms with E-state index in [0.717, 1.165) is 34.0 Å². The number of aryl methyl sites for hydroxylation is 1. The summed E-state index contributed by atoms with van der Waals surface area (Å²) in [5, 5.41) is 3.14. The fourth-order valence-corrected chi connectivity index (χ4v) is 3.45. The number of rotatable bonds is 3. The Morgan fingerprint density at radius 1 is 1.50 bits per heavy atom. The second-order valence-corrected chi connectivity index (χ2v) is 6.25. The van der Waals surface area contributed by atoms with Crippen LogP contribution >= 0.6 is 34.2 Å². The van der Waals surface area contributed by atoms with Crippen molar-refractivity contribution in [3.63, 3.8) is 0 Å². The minimum atomic E-state index is 0.0325. The highest BCUT2D eigenvalue weighted by molar-refractivity contribution is 14.1. The Morgan fingerprint density at radius 3 is 3.00 bits per heavy atom. The van der Waals surface area contributed by atoms with Crippen molar-refractivity contribution in [2.45, 2.75) is 32.2 Å². The molecule has 1 amide bonds. The molecule has 0 aromatic heterocycles. The van der Waals surface area contributed by atoms with Crippen molar-refractivity contribution in [3.05, 3.63) is 32.9 Å². The van der Waals surface area contributed by atoms with Gasteiger partial charge in [0.1, 0.15) is 0 Å². The lowest BCUT2D eigenvalue weighted by molar-refractivity contribution is 0.0929. The molecule has 2 atom stereocenters. The number of halogens is 2. The Labute approximate surface area is 127 Å². The van der Waals surface area contributed by atoms with Gasteiger partial charge in [0.2, 0.25) is 0 Å². The number of amides is 1. The largest absolute Gasteiger partial charge is 0.349 e. The standard InChI is InChI=1S/C14H17ClINO/c1-9-4-2-6-11(13(9)16)14(18)17-12-7-3-5-10(12)8-15/h2,4,6,10,12H,3,5,7-8H2,1H3,(H,17,18). The molecule has 0 bridgehead atoms. The molecule has 2 rings (SSSR count). The maximum atomic E-state index is 12.3. The summed E-state index contributed by atoms with van der Waals surface area (Å²) in [5.41, 5.74) is 1.92. The second kappa shape index (κ2) is 6.24. The Morgan fingerprint density at radius 2 is 2.28 bits per heavy atom. The molecule has 1 aromatic rings. The van der Waals surface area contributed by atoms with Crippen molar-refractivity contribution in [2.75, 3.05) is 5.88 Å². The van der Waals surface area contributed by atoms with Crippen molar-refractivity contribution < 1.29 is 4.79 Å². The van der Waals surface area contributed by atoms with Crippen LogP contribution in [0.4, 0.5) is 0 Å². The Hall–Kier alpha value is -0.290. The molecular weight excluding hydrogens is 361 g/mol. The summed E-state index contributed by atoms with van der Waals surface area (Å²) < 4.78 is 1.04. The Bertz CT molecular complexity index is 449. The van der Waals surface area contributed by atoms with Crippen LogP contribution in [0.15, 0.2) is 18.2 Å². The second-order valence-electron chi connectivity index (χ2n) is 4.86. The van der Waals surface area contributed by atoms with Crippen LogP contribution in [-0.2, 0) is 0 Å². The third-order valence-corrected chi connectivity index (χ3v) is 5.44. The number of hydrogen-bond acceptors (Lipinski definition) is 1. The summed E-state index contributed by atoms with van der Waals surface area (Å²) in [6, 6.07) is 6.08. The molecule has 18 heavy (non-hydrogen) atoms. The first-order valence-corrected chi connectivity index (χ1v) is 7.86. The molecule has 4 heteroatoms. The normalized spacial score (nSPS) is 23.1. The predicted octanol–water partition coefficient (Wildman–Crippen LogP) is 3.74. The lowest BCUT2D eigenvalue weighted by Gasteiger charge is -2.19. The number of carbonyl (C=O) groups excluding carboxylic acids is 1. The average molecular weight is 378 g/mol. The number of benzene rings is 1. The molecule has 98 valence electrons. The van der Waals surface area contributed by atoms with Crippen LogP contribution in [0.5, 0.6) is 0 Å². The van der Waals surface area contributed by atoms with E-state index in [1.165, 1.54) is 0 Å². The Balaban J connectivity index is 2.10. The maximum Gasteiger partial charge on any atom is 0.252 e. The summed E-state index contributed by atoms with van der Waals surface area (Å²) in [6.45, 7) is 2.02. The highest BCUT2D eigenvalue weighted by Gasteiger charge is 2.28. The van der Waals surface area contributed by atoms with Gasteiger partial charge >= 0.3 is 0 Å². The smallest absolute Gasteiger partial charge is 0.252 e. The first kappa shape index (κ1) is 14.1. The summed E-state index contributed by atoms with van der Waals surface area (Å²) in [4.78, 5) is 12.3. The fourth-order valence-electron chi connectivity index (χ4n) is 2.48. The zero-order valence-corrected chi connectivity index (χ0v) is 13.3. The van der Waals surface area contributed by atoms with Crippen LogP contribution in [-0.4, -0.2) is 17.8 Å². The molecule has 0 spiro atoms. The molecular formula is C14H17ClINO. The molecule has 1 aromatic carbocycles. The van der Waals surface area contributed by atoms with Gasteiger partial charge in [0.25, 0.3) is 5.91 Å². The third kappa shape index (κ3) is 2.99. The monoisotopic (exact) mass is 377 g/mol. The summed E-state index contributed by atoms with van der Waals surface area (Å²) >= 11 is 8.17. The number of alkyl halides is 1. The number of hydrogen-bond donors (Lipinski definition) is 1. The molecule has 1 N–H and O–H groups in total. The van der Waals surface area contributed by atoms with Crippen LogP contribution in [0.2, 0.25) is 0 Å². The molecule has 1 saturated carbocycles. The first-order chi connectivity index (χ1) is 8.63. The van der Waals surface area contributed by atoms with Crippen LogP contribution in [0.3, 0.4) is 0 Å². The minimum absolute atomic E-state index is 0.0325. The summed E-state index contributed by atoms with van der Waals surface area (Å²) in [5.74, 6) is 1.10. The topological polar surface area (TPSA) is 29.1 Å². The average Bonchev–Trinajstić information content (AvgIpc) is 2.79. The summed E-state index contributed by atoms with van der Waals surface area (Å²) in [6.07, 6.45) is 3.33. The van der Waals surface area contributed by atoms with Gasteiger partial charge in [0.05, 0.1) is 5.56 Å². The van der Waals surface area contributed by atoms with Crippen LogP contribution in [0.1, 0.15) is 35.2 Å². The van der Waals surface area contributed by atoms with E-state index in [1.807, 2.05) is 25.1 Å². The quantitative estimate of drug-likeness (QED) is 0.631. The molecule has 0 radical (unpaired) electrons. The van der Waals surface area contributed by atoms with E-state index in [0.29, 0.717) is 11.8 Å². The van der Waals surface area contributed by atoms with Gasteiger partial charge in [-0.1, -0.05) is 18.6 Å². The lowest BCUT2D eigenvalue weighted by Crippen LogP contribution is -2.38. The number of carbonyl (C=O) groups is 1. The molecule has 0 heterocycles. The highest BCUT2D eigenvalue weighted by Crippen LogP contribution is 2.27. The van der Waals surface area contributed by atoms with Gasteiger partial charge in [-0.25, -0.2) is 0 Å². The molecule has 1 fully saturated rings. The predicted molar refractivity (Wildman–Crippen MR) is 83.2 cm³/mol. The molecule has 2 nitrogen and oxygen atoms in total.